The van der Waals surface area contributed by atoms with Crippen molar-refractivity contribution in [2.24, 2.45) is 0 Å². The summed E-state index contributed by atoms with van der Waals surface area (Å²) in [6.45, 7) is 0. The molecule has 0 aromatic heterocycles. The Morgan fingerprint density at radius 3 is 1.22 bits per heavy atom. The van der Waals surface area contributed by atoms with Gasteiger partial charge in [0.1, 0.15) is 23.2 Å². The number of halogens is 2. The Morgan fingerprint density at radius 2 is 0.844 bits per heavy atom. The van der Waals surface area contributed by atoms with E-state index in [2.05, 4.69) is 0 Å². The highest BCUT2D eigenvalue weighted by Gasteiger charge is 2.36. The van der Waals surface area contributed by atoms with Crippen molar-refractivity contribution in [1.29, 1.82) is 0 Å². The van der Waals surface area contributed by atoms with Crippen LogP contribution in [0.4, 0.5) is 8.78 Å². The summed E-state index contributed by atoms with van der Waals surface area (Å²) >= 11 is 0. The molecule has 1 aliphatic heterocycles. The zero-order chi connectivity index (χ0) is 22.0. The fraction of sp³-hybridized carbons (Fsp3) is 0.0345. The molecule has 0 fully saturated rings. The summed E-state index contributed by atoms with van der Waals surface area (Å²) in [4.78, 5) is 0. The third kappa shape index (κ3) is 3.74. The lowest BCUT2D eigenvalue weighted by Gasteiger charge is -2.34. The van der Waals surface area contributed by atoms with Crippen molar-refractivity contribution in [3.63, 3.8) is 0 Å². The van der Waals surface area contributed by atoms with Crippen molar-refractivity contribution in [2.45, 2.75) is 5.41 Å². The highest BCUT2D eigenvalue weighted by atomic mass is 19.1. The second-order valence-corrected chi connectivity index (χ2v) is 7.73. The molecule has 1 nitrogen and oxygen atoms in total. The Hall–Kier alpha value is -3.98. The van der Waals surface area contributed by atoms with Gasteiger partial charge >= 0.3 is 0 Å². The number of rotatable bonds is 4. The smallest absolute Gasteiger partial charge is 0.132 e. The fourth-order valence-electron chi connectivity index (χ4n) is 4.07. The van der Waals surface area contributed by atoms with E-state index < -0.39 is 5.41 Å². The fourth-order valence-corrected chi connectivity index (χ4v) is 4.07. The average Bonchev–Trinajstić information content (AvgIpc) is 2.85. The molecule has 0 amide bonds. The van der Waals surface area contributed by atoms with Gasteiger partial charge in [-0.2, -0.15) is 0 Å². The van der Waals surface area contributed by atoms with Crippen LogP contribution in [0.15, 0.2) is 121 Å². The van der Waals surface area contributed by atoms with Crippen molar-refractivity contribution in [1.82, 2.24) is 0 Å². The lowest BCUT2D eigenvalue weighted by atomic mass is 9.72. The first-order chi connectivity index (χ1) is 15.6. The van der Waals surface area contributed by atoms with Crippen LogP contribution in [0.5, 0.6) is 0 Å². The molecule has 5 rings (SSSR count). The molecule has 0 aliphatic carbocycles. The van der Waals surface area contributed by atoms with Gasteiger partial charge in [0.25, 0.3) is 0 Å². The Labute approximate surface area is 185 Å². The van der Waals surface area contributed by atoms with Crippen LogP contribution in [0.2, 0.25) is 0 Å². The molecule has 1 heterocycles. The zero-order valence-electron chi connectivity index (χ0n) is 17.2. The van der Waals surface area contributed by atoms with Crippen LogP contribution in [0.1, 0.15) is 22.3 Å². The van der Waals surface area contributed by atoms with E-state index in [0.29, 0.717) is 11.5 Å². The maximum absolute atomic E-state index is 13.8. The van der Waals surface area contributed by atoms with Gasteiger partial charge in [0.05, 0.1) is 5.41 Å². The minimum atomic E-state index is -0.782. The predicted molar refractivity (Wildman–Crippen MR) is 124 cm³/mol. The van der Waals surface area contributed by atoms with Gasteiger partial charge < -0.3 is 4.74 Å². The zero-order valence-corrected chi connectivity index (χ0v) is 17.2. The van der Waals surface area contributed by atoms with Gasteiger partial charge in [0.2, 0.25) is 0 Å². The van der Waals surface area contributed by atoms with Crippen LogP contribution >= 0.6 is 0 Å². The summed E-state index contributed by atoms with van der Waals surface area (Å²) in [6.07, 6.45) is 4.05. The molecule has 0 N–H and O–H groups in total. The van der Waals surface area contributed by atoms with Gasteiger partial charge in [0.15, 0.2) is 0 Å². The van der Waals surface area contributed by atoms with Crippen LogP contribution in [0, 0.1) is 11.6 Å². The van der Waals surface area contributed by atoms with Crippen LogP contribution in [-0.2, 0) is 10.2 Å². The normalized spacial score (nSPS) is 14.8. The van der Waals surface area contributed by atoms with E-state index in [1.54, 1.807) is 24.3 Å². The van der Waals surface area contributed by atoms with Gasteiger partial charge in [-0.15, -0.1) is 0 Å². The van der Waals surface area contributed by atoms with Gasteiger partial charge in [-0.1, -0.05) is 84.9 Å². The SMILES string of the molecule is Fc1ccc(C2(c3ccc(F)cc3)C=C(c3ccccc3)OC(c3ccccc3)=C2)cc1. The molecule has 0 unspecified atom stereocenters. The molecule has 0 saturated heterocycles. The number of hydrogen-bond acceptors (Lipinski definition) is 1. The van der Waals surface area contributed by atoms with Gasteiger partial charge in [-0.25, -0.2) is 8.78 Å². The summed E-state index contributed by atoms with van der Waals surface area (Å²) in [5.74, 6) is 0.741. The Kier molecular flexibility index (Phi) is 5.16. The number of ether oxygens (including phenoxy) is 1. The van der Waals surface area contributed by atoms with Crippen LogP contribution < -0.4 is 0 Å². The first-order valence-electron chi connectivity index (χ1n) is 10.4. The Morgan fingerprint density at radius 1 is 0.469 bits per heavy atom. The molecular formula is C29H20F2O. The molecule has 32 heavy (non-hydrogen) atoms. The first-order valence-corrected chi connectivity index (χ1v) is 10.4. The standard InChI is InChI=1S/C29H20F2O/c30-25-15-11-23(12-16-25)29(24-13-17-26(31)18-14-24)19-27(21-7-3-1-4-8-21)32-28(20-29)22-9-5-2-6-10-22/h1-20H. The summed E-state index contributed by atoms with van der Waals surface area (Å²) < 4.78 is 34.0. The third-order valence-electron chi connectivity index (χ3n) is 5.70. The summed E-state index contributed by atoms with van der Waals surface area (Å²) in [5.41, 5.74) is 2.77. The molecule has 3 heteroatoms. The van der Waals surface area contributed by atoms with Crippen molar-refractivity contribution in [3.8, 4) is 0 Å². The molecule has 0 bridgehead atoms. The molecule has 0 radical (unpaired) electrons. The Balaban J connectivity index is 1.80. The lowest BCUT2D eigenvalue weighted by molar-refractivity contribution is 0.450. The maximum atomic E-state index is 13.8. The summed E-state index contributed by atoms with van der Waals surface area (Å²) in [6, 6.07) is 32.5. The van der Waals surface area contributed by atoms with Crippen molar-refractivity contribution in [2.75, 3.05) is 0 Å². The van der Waals surface area contributed by atoms with Crippen molar-refractivity contribution in [3.05, 3.63) is 155 Å². The van der Waals surface area contributed by atoms with Crippen molar-refractivity contribution < 1.29 is 13.5 Å². The van der Waals surface area contributed by atoms with Crippen LogP contribution in [-0.4, -0.2) is 0 Å². The van der Waals surface area contributed by atoms with Gasteiger partial charge in [-0.3, -0.25) is 0 Å². The van der Waals surface area contributed by atoms with Crippen molar-refractivity contribution >= 4 is 11.5 Å². The average molecular weight is 422 g/mol. The number of hydrogen-bond donors (Lipinski definition) is 0. The number of allylic oxidation sites excluding steroid dienone is 2. The van der Waals surface area contributed by atoms with Gasteiger partial charge in [-0.05, 0) is 47.5 Å². The molecule has 0 atom stereocenters. The van der Waals surface area contributed by atoms with Crippen LogP contribution in [0.25, 0.3) is 11.5 Å². The maximum Gasteiger partial charge on any atom is 0.132 e. The van der Waals surface area contributed by atoms with Gasteiger partial charge in [0, 0.05) is 11.1 Å². The second kappa shape index (κ2) is 8.27. The molecule has 156 valence electrons. The van der Waals surface area contributed by atoms with E-state index in [4.69, 9.17) is 4.74 Å². The second-order valence-electron chi connectivity index (χ2n) is 7.73. The molecular weight excluding hydrogens is 402 g/mol. The van der Waals surface area contributed by atoms with E-state index in [1.807, 2.05) is 72.8 Å². The van der Waals surface area contributed by atoms with E-state index in [-0.39, 0.29) is 11.6 Å². The molecule has 1 aliphatic rings. The third-order valence-corrected chi connectivity index (χ3v) is 5.70. The Bertz CT molecular complexity index is 1170. The number of benzene rings is 4. The predicted octanol–water partition coefficient (Wildman–Crippen LogP) is 7.36. The summed E-state index contributed by atoms with van der Waals surface area (Å²) in [7, 11) is 0. The van der Waals surface area contributed by atoms with E-state index in [0.717, 1.165) is 22.3 Å². The largest absolute Gasteiger partial charge is 0.457 e. The topological polar surface area (TPSA) is 9.23 Å². The van der Waals surface area contributed by atoms with E-state index in [9.17, 15) is 8.78 Å². The summed E-state index contributed by atoms with van der Waals surface area (Å²) in [5, 5.41) is 0. The van der Waals surface area contributed by atoms with E-state index >= 15 is 0 Å². The molecule has 4 aromatic rings. The molecule has 0 saturated carbocycles. The monoisotopic (exact) mass is 422 g/mol. The van der Waals surface area contributed by atoms with Crippen LogP contribution in [0.3, 0.4) is 0 Å². The highest BCUT2D eigenvalue weighted by molar-refractivity contribution is 5.78. The quantitative estimate of drug-likeness (QED) is 0.334. The highest BCUT2D eigenvalue weighted by Crippen LogP contribution is 2.45. The molecule has 4 aromatic carbocycles. The van der Waals surface area contributed by atoms with E-state index in [1.165, 1.54) is 24.3 Å². The minimum absolute atomic E-state index is 0.311. The lowest BCUT2D eigenvalue weighted by Crippen LogP contribution is -2.27. The first kappa shape index (κ1) is 20.0. The molecule has 0 spiro atoms. The minimum Gasteiger partial charge on any atom is -0.457 e.